The summed E-state index contributed by atoms with van der Waals surface area (Å²) in [5, 5.41) is 8.38. The topological polar surface area (TPSA) is 59.2 Å². The third-order valence-electron chi connectivity index (χ3n) is 3.79. The number of aromatic nitrogens is 2. The summed E-state index contributed by atoms with van der Waals surface area (Å²) < 4.78 is 5.58. The van der Waals surface area contributed by atoms with E-state index in [9.17, 15) is 4.79 Å². The Kier molecular flexibility index (Phi) is 5.14. The van der Waals surface area contributed by atoms with Crippen molar-refractivity contribution in [1.29, 1.82) is 0 Å². The summed E-state index contributed by atoms with van der Waals surface area (Å²) in [6.07, 6.45) is 0. The molecule has 6 heteroatoms. The highest BCUT2D eigenvalue weighted by atomic mass is 35.5. The number of halogens is 1. The second-order valence-corrected chi connectivity index (χ2v) is 6.31. The largest absolute Gasteiger partial charge is 0.412 e. The Hall–Kier alpha value is -2.66. The average Bonchev–Trinajstić information content (AvgIpc) is 3.10. The maximum atomic E-state index is 12.8. The number of hydrogen-bond donors (Lipinski definition) is 0. The standard InChI is InChI=1S/C19H18ClN3O2/c1-13(2)23(12-14-8-4-3-5-9-14)19(24)18-22-21-17(25-18)15-10-6-7-11-16(15)20/h3-11,13H,12H2,1-2H3. The molecule has 0 saturated carbocycles. The zero-order chi connectivity index (χ0) is 17.8. The van der Waals surface area contributed by atoms with Crippen LogP contribution in [0.1, 0.15) is 30.1 Å². The number of amides is 1. The minimum absolute atomic E-state index is 0.0108. The van der Waals surface area contributed by atoms with E-state index < -0.39 is 0 Å². The fourth-order valence-electron chi connectivity index (χ4n) is 2.44. The van der Waals surface area contributed by atoms with E-state index in [2.05, 4.69) is 10.2 Å². The summed E-state index contributed by atoms with van der Waals surface area (Å²) in [5.41, 5.74) is 1.64. The fourth-order valence-corrected chi connectivity index (χ4v) is 2.66. The number of benzene rings is 2. The van der Waals surface area contributed by atoms with Crippen LogP contribution in [0, 0.1) is 0 Å². The van der Waals surface area contributed by atoms with Crippen LogP contribution in [0.15, 0.2) is 59.0 Å². The lowest BCUT2D eigenvalue weighted by Crippen LogP contribution is -2.36. The molecule has 0 N–H and O–H groups in total. The Morgan fingerprint density at radius 2 is 1.76 bits per heavy atom. The van der Waals surface area contributed by atoms with Crippen molar-refractivity contribution in [2.75, 3.05) is 0 Å². The minimum Gasteiger partial charge on any atom is -0.412 e. The summed E-state index contributed by atoms with van der Waals surface area (Å²) in [5.74, 6) is -0.110. The van der Waals surface area contributed by atoms with E-state index in [-0.39, 0.29) is 23.7 Å². The van der Waals surface area contributed by atoms with E-state index in [1.165, 1.54) is 0 Å². The number of carbonyl (C=O) groups is 1. The van der Waals surface area contributed by atoms with Crippen molar-refractivity contribution < 1.29 is 9.21 Å². The molecule has 1 aromatic heterocycles. The molecule has 0 aliphatic carbocycles. The second kappa shape index (κ2) is 7.49. The molecule has 3 rings (SSSR count). The van der Waals surface area contributed by atoms with Gasteiger partial charge in [0.2, 0.25) is 5.89 Å². The molecule has 0 atom stereocenters. The normalized spacial score (nSPS) is 10.9. The predicted octanol–water partition coefficient (Wildman–Crippen LogP) is 4.44. The van der Waals surface area contributed by atoms with E-state index in [1.54, 1.807) is 17.0 Å². The van der Waals surface area contributed by atoms with Crippen molar-refractivity contribution in [3.63, 3.8) is 0 Å². The van der Waals surface area contributed by atoms with Crippen molar-refractivity contribution in [3.8, 4) is 11.5 Å². The molecule has 1 amide bonds. The second-order valence-electron chi connectivity index (χ2n) is 5.90. The molecule has 0 aliphatic rings. The van der Waals surface area contributed by atoms with Crippen LogP contribution in [-0.4, -0.2) is 27.0 Å². The molecular weight excluding hydrogens is 338 g/mol. The molecule has 128 valence electrons. The molecule has 3 aromatic rings. The fraction of sp³-hybridized carbons (Fsp3) is 0.211. The molecule has 0 saturated heterocycles. The monoisotopic (exact) mass is 355 g/mol. The first-order valence-electron chi connectivity index (χ1n) is 7.99. The highest BCUT2D eigenvalue weighted by Gasteiger charge is 2.25. The van der Waals surface area contributed by atoms with Crippen LogP contribution >= 0.6 is 11.6 Å². The molecule has 0 radical (unpaired) electrons. The molecule has 2 aromatic carbocycles. The summed E-state index contributed by atoms with van der Waals surface area (Å²) in [4.78, 5) is 14.5. The highest BCUT2D eigenvalue weighted by Crippen LogP contribution is 2.26. The van der Waals surface area contributed by atoms with E-state index in [1.807, 2.05) is 56.3 Å². The van der Waals surface area contributed by atoms with Gasteiger partial charge in [0.05, 0.1) is 10.6 Å². The molecular formula is C19H18ClN3O2. The van der Waals surface area contributed by atoms with Crippen LogP contribution in [0.2, 0.25) is 5.02 Å². The Labute approximate surface area is 151 Å². The average molecular weight is 356 g/mol. The Balaban J connectivity index is 1.85. The van der Waals surface area contributed by atoms with Crippen LogP contribution in [-0.2, 0) is 6.54 Å². The predicted molar refractivity (Wildman–Crippen MR) is 96.2 cm³/mol. The van der Waals surface area contributed by atoms with Gasteiger partial charge in [-0.1, -0.05) is 54.1 Å². The number of hydrogen-bond acceptors (Lipinski definition) is 4. The van der Waals surface area contributed by atoms with Crippen LogP contribution in [0.25, 0.3) is 11.5 Å². The van der Waals surface area contributed by atoms with Crippen molar-refractivity contribution in [2.45, 2.75) is 26.4 Å². The van der Waals surface area contributed by atoms with E-state index >= 15 is 0 Å². The number of rotatable bonds is 5. The SMILES string of the molecule is CC(C)N(Cc1ccccc1)C(=O)c1nnc(-c2ccccc2Cl)o1. The van der Waals surface area contributed by atoms with Crippen molar-refractivity contribution >= 4 is 17.5 Å². The van der Waals surface area contributed by atoms with Crippen LogP contribution in [0.4, 0.5) is 0 Å². The van der Waals surface area contributed by atoms with Gasteiger partial charge < -0.3 is 9.32 Å². The highest BCUT2D eigenvalue weighted by molar-refractivity contribution is 6.33. The van der Waals surface area contributed by atoms with Crippen molar-refractivity contribution in [3.05, 3.63) is 71.1 Å². The molecule has 0 fully saturated rings. The van der Waals surface area contributed by atoms with E-state index in [0.29, 0.717) is 17.1 Å². The number of nitrogens with zero attached hydrogens (tertiary/aromatic N) is 3. The Morgan fingerprint density at radius 1 is 1.08 bits per heavy atom. The smallest absolute Gasteiger partial charge is 0.311 e. The molecule has 0 spiro atoms. The summed E-state index contributed by atoms with van der Waals surface area (Å²) in [6, 6.07) is 16.9. The maximum Gasteiger partial charge on any atom is 0.311 e. The molecule has 0 bridgehead atoms. The summed E-state index contributed by atoms with van der Waals surface area (Å²) >= 11 is 6.14. The summed E-state index contributed by atoms with van der Waals surface area (Å²) in [7, 11) is 0. The first-order valence-corrected chi connectivity index (χ1v) is 8.37. The molecule has 25 heavy (non-hydrogen) atoms. The zero-order valence-corrected chi connectivity index (χ0v) is 14.8. The van der Waals surface area contributed by atoms with Crippen molar-refractivity contribution in [2.24, 2.45) is 0 Å². The summed E-state index contributed by atoms with van der Waals surface area (Å²) in [6.45, 7) is 4.37. The van der Waals surface area contributed by atoms with Gasteiger partial charge in [-0.25, -0.2) is 0 Å². The third-order valence-corrected chi connectivity index (χ3v) is 4.12. The first-order chi connectivity index (χ1) is 12.1. The molecule has 0 unspecified atom stereocenters. The van der Waals surface area contributed by atoms with Gasteiger partial charge >= 0.3 is 11.8 Å². The quantitative estimate of drug-likeness (QED) is 0.678. The lowest BCUT2D eigenvalue weighted by atomic mass is 10.2. The van der Waals surface area contributed by atoms with Gasteiger partial charge in [-0.05, 0) is 31.5 Å². The van der Waals surface area contributed by atoms with Gasteiger partial charge in [0, 0.05) is 12.6 Å². The van der Waals surface area contributed by atoms with Crippen LogP contribution in [0.3, 0.4) is 0 Å². The van der Waals surface area contributed by atoms with Crippen LogP contribution in [0.5, 0.6) is 0 Å². The lowest BCUT2D eigenvalue weighted by Gasteiger charge is -2.25. The lowest BCUT2D eigenvalue weighted by molar-refractivity contribution is 0.0650. The van der Waals surface area contributed by atoms with Gasteiger partial charge in [0.15, 0.2) is 0 Å². The first kappa shape index (κ1) is 17.2. The van der Waals surface area contributed by atoms with Gasteiger partial charge in [0.25, 0.3) is 0 Å². The van der Waals surface area contributed by atoms with Gasteiger partial charge in [-0.2, -0.15) is 0 Å². The third kappa shape index (κ3) is 3.88. The zero-order valence-electron chi connectivity index (χ0n) is 14.0. The van der Waals surface area contributed by atoms with Crippen LogP contribution < -0.4 is 0 Å². The van der Waals surface area contributed by atoms with Gasteiger partial charge in [-0.3, -0.25) is 4.79 Å². The Bertz CT molecular complexity index is 862. The van der Waals surface area contributed by atoms with E-state index in [0.717, 1.165) is 5.56 Å². The number of carbonyl (C=O) groups excluding carboxylic acids is 1. The Morgan fingerprint density at radius 3 is 2.44 bits per heavy atom. The molecule has 5 nitrogen and oxygen atoms in total. The minimum atomic E-state index is -0.301. The van der Waals surface area contributed by atoms with Crippen molar-refractivity contribution in [1.82, 2.24) is 15.1 Å². The molecule has 1 heterocycles. The molecule has 0 aliphatic heterocycles. The maximum absolute atomic E-state index is 12.8. The van der Waals surface area contributed by atoms with Gasteiger partial charge in [0.1, 0.15) is 0 Å². The van der Waals surface area contributed by atoms with E-state index in [4.69, 9.17) is 16.0 Å². The van der Waals surface area contributed by atoms with Gasteiger partial charge in [-0.15, -0.1) is 10.2 Å².